The lowest BCUT2D eigenvalue weighted by molar-refractivity contribution is -0.136. The Balaban J connectivity index is 3.91. The molecule has 0 saturated heterocycles. The van der Waals surface area contributed by atoms with E-state index < -0.39 is 0 Å². The van der Waals surface area contributed by atoms with Crippen molar-refractivity contribution in [3.63, 3.8) is 0 Å². The Kier molecular flexibility index (Phi) is 4.59. The first-order valence-electron chi connectivity index (χ1n) is 3.90. The first kappa shape index (κ1) is 10.2. The Bertz CT molecular complexity index is 150. The van der Waals surface area contributed by atoms with E-state index in [2.05, 4.69) is 18.2 Å². The van der Waals surface area contributed by atoms with Gasteiger partial charge in [0.25, 0.3) is 0 Å². The summed E-state index contributed by atoms with van der Waals surface area (Å²) in [6, 6.07) is 0. The molecule has 0 amide bonds. The van der Waals surface area contributed by atoms with Gasteiger partial charge in [-0.2, -0.15) is 0 Å². The number of carbonyl (C=O) groups excluding carboxylic acids is 1. The number of carbonyl (C=O) groups is 1. The van der Waals surface area contributed by atoms with E-state index in [-0.39, 0.29) is 11.9 Å². The topological polar surface area (TPSA) is 26.3 Å². The van der Waals surface area contributed by atoms with Gasteiger partial charge in [0, 0.05) is 5.57 Å². The van der Waals surface area contributed by atoms with Gasteiger partial charge in [0.15, 0.2) is 0 Å². The number of rotatable bonds is 4. The van der Waals surface area contributed by atoms with Crippen molar-refractivity contribution in [2.45, 2.75) is 26.7 Å². The summed E-state index contributed by atoms with van der Waals surface area (Å²) in [7, 11) is 1.38. The number of methoxy groups -OCH3 is 1. The minimum Gasteiger partial charge on any atom is -0.466 e. The molecule has 0 aromatic heterocycles. The van der Waals surface area contributed by atoms with Crippen molar-refractivity contribution in [1.82, 2.24) is 0 Å². The maximum Gasteiger partial charge on any atom is 0.333 e. The molecule has 0 rings (SSSR count). The van der Waals surface area contributed by atoms with Crippen LogP contribution in [0.15, 0.2) is 12.2 Å². The maximum atomic E-state index is 10.9. The van der Waals surface area contributed by atoms with Crippen LogP contribution in [0.4, 0.5) is 0 Å². The van der Waals surface area contributed by atoms with Crippen molar-refractivity contribution in [1.29, 1.82) is 0 Å². The van der Waals surface area contributed by atoms with E-state index in [0.29, 0.717) is 5.57 Å². The Labute approximate surface area is 68.2 Å². The van der Waals surface area contributed by atoms with Crippen LogP contribution in [0.25, 0.3) is 0 Å². The zero-order valence-corrected chi connectivity index (χ0v) is 7.52. The highest BCUT2D eigenvalue weighted by Gasteiger charge is 2.13. The quantitative estimate of drug-likeness (QED) is 0.460. The SMILES string of the molecule is C=C(C(=O)OC)C(C)CCC. The van der Waals surface area contributed by atoms with Crippen molar-refractivity contribution in [2.75, 3.05) is 7.11 Å². The molecule has 2 heteroatoms. The second-order valence-corrected chi connectivity index (χ2v) is 2.71. The Morgan fingerprint density at radius 3 is 2.55 bits per heavy atom. The predicted molar refractivity (Wildman–Crippen MR) is 45.2 cm³/mol. The minimum atomic E-state index is -0.286. The van der Waals surface area contributed by atoms with Crippen molar-refractivity contribution >= 4 is 5.97 Å². The summed E-state index contributed by atoms with van der Waals surface area (Å²) in [4.78, 5) is 10.9. The molecule has 2 nitrogen and oxygen atoms in total. The van der Waals surface area contributed by atoms with E-state index in [0.717, 1.165) is 12.8 Å². The maximum absolute atomic E-state index is 10.9. The third-order valence-corrected chi connectivity index (χ3v) is 1.76. The molecule has 0 heterocycles. The standard InChI is InChI=1S/C9H16O2/c1-5-6-7(2)8(3)9(10)11-4/h7H,3,5-6H2,1-2,4H3. The molecule has 0 N–H and O–H groups in total. The van der Waals surface area contributed by atoms with Gasteiger partial charge in [-0.05, 0) is 12.3 Å². The molecule has 0 aliphatic carbocycles. The van der Waals surface area contributed by atoms with Gasteiger partial charge in [-0.3, -0.25) is 0 Å². The van der Waals surface area contributed by atoms with Gasteiger partial charge < -0.3 is 4.74 Å². The molecule has 0 aliphatic heterocycles. The summed E-state index contributed by atoms with van der Waals surface area (Å²) in [5.74, 6) is -0.0431. The molecule has 11 heavy (non-hydrogen) atoms. The number of esters is 1. The van der Waals surface area contributed by atoms with Crippen LogP contribution in [0, 0.1) is 5.92 Å². The van der Waals surface area contributed by atoms with E-state index in [1.165, 1.54) is 7.11 Å². The Hall–Kier alpha value is -0.790. The largest absolute Gasteiger partial charge is 0.466 e. The molecule has 0 saturated carbocycles. The van der Waals surface area contributed by atoms with Crippen LogP contribution in [0.2, 0.25) is 0 Å². The number of ether oxygens (including phenoxy) is 1. The molecule has 1 atom stereocenters. The summed E-state index contributed by atoms with van der Waals surface area (Å²) in [6.07, 6.45) is 2.06. The van der Waals surface area contributed by atoms with Gasteiger partial charge >= 0.3 is 5.97 Å². The van der Waals surface area contributed by atoms with Gasteiger partial charge in [0.2, 0.25) is 0 Å². The summed E-state index contributed by atoms with van der Waals surface area (Å²) in [5, 5.41) is 0. The van der Waals surface area contributed by atoms with E-state index in [1.807, 2.05) is 6.92 Å². The molecule has 0 bridgehead atoms. The van der Waals surface area contributed by atoms with E-state index in [9.17, 15) is 4.79 Å². The first-order chi connectivity index (χ1) is 5.13. The predicted octanol–water partition coefficient (Wildman–Crippen LogP) is 2.15. The lowest BCUT2D eigenvalue weighted by atomic mass is 9.98. The average Bonchev–Trinajstić information content (AvgIpc) is 2.02. The highest BCUT2D eigenvalue weighted by Crippen LogP contribution is 2.15. The summed E-state index contributed by atoms with van der Waals surface area (Å²) in [5.41, 5.74) is 0.578. The molecule has 0 aliphatic rings. The van der Waals surface area contributed by atoms with Gasteiger partial charge in [0.1, 0.15) is 0 Å². The Morgan fingerprint density at radius 1 is 1.64 bits per heavy atom. The van der Waals surface area contributed by atoms with E-state index in [1.54, 1.807) is 0 Å². The highest BCUT2D eigenvalue weighted by atomic mass is 16.5. The smallest absolute Gasteiger partial charge is 0.333 e. The molecule has 1 unspecified atom stereocenters. The van der Waals surface area contributed by atoms with Crippen LogP contribution >= 0.6 is 0 Å². The second-order valence-electron chi connectivity index (χ2n) is 2.71. The number of hydrogen-bond donors (Lipinski definition) is 0. The third-order valence-electron chi connectivity index (χ3n) is 1.76. The molecule has 0 aromatic rings. The number of hydrogen-bond acceptors (Lipinski definition) is 2. The van der Waals surface area contributed by atoms with Crippen molar-refractivity contribution in [3.05, 3.63) is 12.2 Å². The van der Waals surface area contributed by atoms with Gasteiger partial charge in [0.05, 0.1) is 7.11 Å². The van der Waals surface area contributed by atoms with Crippen molar-refractivity contribution in [3.8, 4) is 0 Å². The molecule has 0 fully saturated rings. The fraction of sp³-hybridized carbons (Fsp3) is 0.667. The second kappa shape index (κ2) is 4.94. The molecule has 0 spiro atoms. The molecule has 0 radical (unpaired) electrons. The zero-order chi connectivity index (χ0) is 8.85. The third kappa shape index (κ3) is 3.21. The van der Waals surface area contributed by atoms with E-state index in [4.69, 9.17) is 0 Å². The van der Waals surface area contributed by atoms with Crippen LogP contribution in [0.3, 0.4) is 0 Å². The molecular weight excluding hydrogens is 140 g/mol. The molecular formula is C9H16O2. The fourth-order valence-corrected chi connectivity index (χ4v) is 0.940. The zero-order valence-electron chi connectivity index (χ0n) is 7.52. The monoisotopic (exact) mass is 156 g/mol. The highest BCUT2D eigenvalue weighted by molar-refractivity contribution is 5.88. The van der Waals surface area contributed by atoms with Crippen LogP contribution in [0.5, 0.6) is 0 Å². The van der Waals surface area contributed by atoms with Crippen LogP contribution in [-0.2, 0) is 9.53 Å². The Morgan fingerprint density at radius 2 is 2.18 bits per heavy atom. The minimum absolute atomic E-state index is 0.243. The normalized spacial score (nSPS) is 12.3. The fourth-order valence-electron chi connectivity index (χ4n) is 0.940. The van der Waals surface area contributed by atoms with Crippen molar-refractivity contribution in [2.24, 2.45) is 5.92 Å². The van der Waals surface area contributed by atoms with Gasteiger partial charge in [-0.1, -0.05) is 26.8 Å². The van der Waals surface area contributed by atoms with E-state index >= 15 is 0 Å². The molecule has 0 aromatic carbocycles. The van der Waals surface area contributed by atoms with Crippen LogP contribution in [-0.4, -0.2) is 13.1 Å². The van der Waals surface area contributed by atoms with Gasteiger partial charge in [-0.25, -0.2) is 4.79 Å². The summed E-state index contributed by atoms with van der Waals surface area (Å²) < 4.78 is 4.54. The first-order valence-corrected chi connectivity index (χ1v) is 3.90. The van der Waals surface area contributed by atoms with Crippen LogP contribution < -0.4 is 0 Å². The van der Waals surface area contributed by atoms with Crippen LogP contribution in [0.1, 0.15) is 26.7 Å². The lowest BCUT2D eigenvalue weighted by Gasteiger charge is -2.10. The van der Waals surface area contributed by atoms with Crippen molar-refractivity contribution < 1.29 is 9.53 Å². The summed E-state index contributed by atoms with van der Waals surface area (Å²) >= 11 is 0. The average molecular weight is 156 g/mol. The van der Waals surface area contributed by atoms with Gasteiger partial charge in [-0.15, -0.1) is 0 Å². The lowest BCUT2D eigenvalue weighted by Crippen LogP contribution is -2.10. The summed E-state index contributed by atoms with van der Waals surface area (Å²) in [6.45, 7) is 7.74. The molecule has 64 valence electrons.